The second-order valence-corrected chi connectivity index (χ2v) is 6.39. The highest BCUT2D eigenvalue weighted by Gasteiger charge is 2.22. The van der Waals surface area contributed by atoms with Gasteiger partial charge in [-0.25, -0.2) is 9.50 Å². The summed E-state index contributed by atoms with van der Waals surface area (Å²) in [6.45, 7) is 3.20. The zero-order valence-corrected chi connectivity index (χ0v) is 13.9. The quantitative estimate of drug-likeness (QED) is 0.740. The fourth-order valence-corrected chi connectivity index (χ4v) is 3.62. The fraction of sp³-hybridized carbons (Fsp3) is 0.368. The maximum Gasteiger partial charge on any atom is 0.155 e. The van der Waals surface area contributed by atoms with E-state index in [0.717, 1.165) is 31.0 Å². The first-order valence-corrected chi connectivity index (χ1v) is 8.47. The van der Waals surface area contributed by atoms with E-state index >= 15 is 0 Å². The Hall–Kier alpha value is -2.40. The van der Waals surface area contributed by atoms with E-state index in [0.29, 0.717) is 5.92 Å². The van der Waals surface area contributed by atoms with Crippen molar-refractivity contribution in [2.75, 3.05) is 20.2 Å². The third-order valence-corrected chi connectivity index (χ3v) is 4.92. The van der Waals surface area contributed by atoms with Gasteiger partial charge in [0.25, 0.3) is 0 Å². The van der Waals surface area contributed by atoms with Crippen LogP contribution in [0.3, 0.4) is 0 Å². The molecule has 0 saturated carbocycles. The zero-order valence-electron chi connectivity index (χ0n) is 13.9. The van der Waals surface area contributed by atoms with Gasteiger partial charge in [-0.1, -0.05) is 18.2 Å². The first kappa shape index (κ1) is 15.1. The molecular weight excluding hydrogens is 300 g/mol. The Bertz CT molecular complexity index is 821. The molecule has 0 bridgehead atoms. The number of para-hydroxylation sites is 1. The number of piperidine rings is 1. The van der Waals surface area contributed by atoms with Gasteiger partial charge in [-0.2, -0.15) is 5.10 Å². The van der Waals surface area contributed by atoms with Crippen molar-refractivity contribution in [2.24, 2.45) is 0 Å². The van der Waals surface area contributed by atoms with E-state index in [1.165, 1.54) is 24.0 Å². The van der Waals surface area contributed by atoms with E-state index in [1.807, 2.05) is 12.3 Å². The summed E-state index contributed by atoms with van der Waals surface area (Å²) in [5.74, 6) is 1.62. The van der Waals surface area contributed by atoms with Gasteiger partial charge in [0.05, 0.1) is 7.11 Å². The normalized spacial score (nSPS) is 16.5. The SMILES string of the molecule is COc1ccccc1C1CCN(Cc2ccn3ncnc3c2)CC1. The van der Waals surface area contributed by atoms with Gasteiger partial charge in [0.2, 0.25) is 0 Å². The lowest BCUT2D eigenvalue weighted by Crippen LogP contribution is -2.32. The second-order valence-electron chi connectivity index (χ2n) is 6.39. The van der Waals surface area contributed by atoms with Gasteiger partial charge in [-0.3, -0.25) is 4.90 Å². The summed E-state index contributed by atoms with van der Waals surface area (Å²) in [7, 11) is 1.76. The maximum absolute atomic E-state index is 5.53. The first-order chi connectivity index (χ1) is 11.8. The number of hydrogen-bond donors (Lipinski definition) is 0. The Morgan fingerprint density at radius 1 is 1.17 bits per heavy atom. The summed E-state index contributed by atoms with van der Waals surface area (Å²) >= 11 is 0. The van der Waals surface area contributed by atoms with Gasteiger partial charge in [-0.15, -0.1) is 0 Å². The molecule has 124 valence electrons. The molecule has 0 unspecified atom stereocenters. The van der Waals surface area contributed by atoms with Crippen LogP contribution < -0.4 is 4.74 Å². The molecule has 24 heavy (non-hydrogen) atoms. The van der Waals surface area contributed by atoms with Crippen molar-refractivity contribution < 1.29 is 4.74 Å². The number of aromatic nitrogens is 3. The molecule has 1 aromatic carbocycles. The topological polar surface area (TPSA) is 42.7 Å². The standard InChI is InChI=1S/C19H22N4O/c1-24-18-5-3-2-4-17(18)16-7-9-22(10-8-16)13-15-6-11-23-19(12-15)20-14-21-23/h2-6,11-12,14,16H,7-10,13H2,1H3. The predicted molar refractivity (Wildman–Crippen MR) is 93.2 cm³/mol. The summed E-state index contributed by atoms with van der Waals surface area (Å²) in [4.78, 5) is 6.78. The zero-order chi connectivity index (χ0) is 16.4. The van der Waals surface area contributed by atoms with Crippen LogP contribution in [0.5, 0.6) is 5.75 Å². The summed E-state index contributed by atoms with van der Waals surface area (Å²) in [5.41, 5.74) is 3.56. The van der Waals surface area contributed by atoms with E-state index < -0.39 is 0 Å². The van der Waals surface area contributed by atoms with Gasteiger partial charge in [0.15, 0.2) is 5.65 Å². The van der Waals surface area contributed by atoms with Crippen LogP contribution in [0.1, 0.15) is 29.9 Å². The average molecular weight is 322 g/mol. The van der Waals surface area contributed by atoms with Crippen molar-refractivity contribution in [1.29, 1.82) is 0 Å². The minimum absolute atomic E-state index is 0.594. The number of benzene rings is 1. The molecule has 5 nitrogen and oxygen atoms in total. The van der Waals surface area contributed by atoms with Gasteiger partial charge in [0.1, 0.15) is 12.1 Å². The Balaban J connectivity index is 1.40. The van der Waals surface area contributed by atoms with Crippen molar-refractivity contribution in [2.45, 2.75) is 25.3 Å². The van der Waals surface area contributed by atoms with Gasteiger partial charge >= 0.3 is 0 Å². The molecule has 0 atom stereocenters. The van der Waals surface area contributed by atoms with Crippen molar-refractivity contribution in [3.05, 3.63) is 60.0 Å². The van der Waals surface area contributed by atoms with E-state index in [4.69, 9.17) is 4.74 Å². The molecule has 0 spiro atoms. The van der Waals surface area contributed by atoms with Crippen molar-refractivity contribution in [1.82, 2.24) is 19.5 Å². The van der Waals surface area contributed by atoms with Gasteiger partial charge in [0, 0.05) is 12.7 Å². The maximum atomic E-state index is 5.53. The molecule has 0 aliphatic carbocycles. The molecule has 0 radical (unpaired) electrons. The Kier molecular flexibility index (Phi) is 4.17. The average Bonchev–Trinajstić information content (AvgIpc) is 3.10. The minimum Gasteiger partial charge on any atom is -0.496 e. The highest BCUT2D eigenvalue weighted by atomic mass is 16.5. The van der Waals surface area contributed by atoms with E-state index in [1.54, 1.807) is 18.0 Å². The molecule has 4 rings (SSSR count). The summed E-state index contributed by atoms with van der Waals surface area (Å²) < 4.78 is 7.33. The van der Waals surface area contributed by atoms with Crippen molar-refractivity contribution in [3.8, 4) is 5.75 Å². The third kappa shape index (κ3) is 2.99. The lowest BCUT2D eigenvalue weighted by Gasteiger charge is -2.32. The lowest BCUT2D eigenvalue weighted by molar-refractivity contribution is 0.203. The number of ether oxygens (including phenoxy) is 1. The first-order valence-electron chi connectivity index (χ1n) is 8.47. The molecule has 3 aromatic rings. The minimum atomic E-state index is 0.594. The molecule has 1 saturated heterocycles. The van der Waals surface area contributed by atoms with Crippen LogP contribution in [0.4, 0.5) is 0 Å². The van der Waals surface area contributed by atoms with Crippen LogP contribution in [0.15, 0.2) is 48.9 Å². The van der Waals surface area contributed by atoms with Crippen LogP contribution >= 0.6 is 0 Å². The van der Waals surface area contributed by atoms with E-state index in [9.17, 15) is 0 Å². The number of likely N-dealkylation sites (tertiary alicyclic amines) is 1. The molecule has 1 aliphatic heterocycles. The van der Waals surface area contributed by atoms with Crippen LogP contribution in [-0.4, -0.2) is 39.7 Å². The van der Waals surface area contributed by atoms with Gasteiger partial charge in [-0.05, 0) is 61.2 Å². The molecule has 2 aromatic heterocycles. The van der Waals surface area contributed by atoms with Gasteiger partial charge < -0.3 is 4.74 Å². The molecule has 3 heterocycles. The molecular formula is C19H22N4O. The van der Waals surface area contributed by atoms with Crippen LogP contribution in [-0.2, 0) is 6.54 Å². The molecule has 1 aliphatic rings. The van der Waals surface area contributed by atoms with Crippen molar-refractivity contribution in [3.63, 3.8) is 0 Å². The number of rotatable bonds is 4. The molecule has 0 N–H and O–H groups in total. The van der Waals surface area contributed by atoms with Crippen molar-refractivity contribution >= 4 is 5.65 Å². The number of pyridine rings is 1. The Morgan fingerprint density at radius 3 is 2.83 bits per heavy atom. The number of hydrogen-bond acceptors (Lipinski definition) is 4. The largest absolute Gasteiger partial charge is 0.496 e. The summed E-state index contributed by atoms with van der Waals surface area (Å²) in [6.07, 6.45) is 5.93. The third-order valence-electron chi connectivity index (χ3n) is 4.92. The summed E-state index contributed by atoms with van der Waals surface area (Å²) in [6, 6.07) is 12.7. The van der Waals surface area contributed by atoms with Crippen LogP contribution in [0.2, 0.25) is 0 Å². The van der Waals surface area contributed by atoms with E-state index in [-0.39, 0.29) is 0 Å². The second kappa shape index (κ2) is 6.61. The number of fused-ring (bicyclic) bond motifs is 1. The number of methoxy groups -OCH3 is 1. The Labute approximate surface area is 141 Å². The summed E-state index contributed by atoms with van der Waals surface area (Å²) in [5, 5.41) is 4.15. The smallest absolute Gasteiger partial charge is 0.155 e. The lowest BCUT2D eigenvalue weighted by atomic mass is 9.88. The van der Waals surface area contributed by atoms with Crippen LogP contribution in [0, 0.1) is 0 Å². The molecule has 0 amide bonds. The van der Waals surface area contributed by atoms with E-state index in [2.05, 4.69) is 45.3 Å². The highest BCUT2D eigenvalue weighted by molar-refractivity contribution is 5.39. The Morgan fingerprint density at radius 2 is 2.00 bits per heavy atom. The highest BCUT2D eigenvalue weighted by Crippen LogP contribution is 2.34. The fourth-order valence-electron chi connectivity index (χ4n) is 3.62. The van der Waals surface area contributed by atoms with Crippen LogP contribution in [0.25, 0.3) is 5.65 Å². The monoisotopic (exact) mass is 322 g/mol. The molecule has 1 fully saturated rings. The number of nitrogens with zero attached hydrogens (tertiary/aromatic N) is 4. The predicted octanol–water partition coefficient (Wildman–Crippen LogP) is 3.12. The molecule has 5 heteroatoms.